The molecule has 2 aliphatic carbocycles. The molecule has 0 spiro atoms. The van der Waals surface area contributed by atoms with Crippen LogP contribution in [-0.4, -0.2) is 40.5 Å². The molecule has 2 aliphatic rings. The lowest BCUT2D eigenvalue weighted by atomic mass is 9.93. The van der Waals surface area contributed by atoms with Gasteiger partial charge in [0.05, 0.1) is 5.54 Å². The van der Waals surface area contributed by atoms with Crippen LogP contribution in [0.4, 0.5) is 0 Å². The van der Waals surface area contributed by atoms with Crippen LogP contribution < -0.4 is 5.32 Å². The smallest absolute Gasteiger partial charge is 0.327 e. The third kappa shape index (κ3) is 4.71. The minimum Gasteiger partial charge on any atom is -0.480 e. The number of allylic oxidation sites excluding steroid dienone is 6. The molecule has 0 aromatic heterocycles. The summed E-state index contributed by atoms with van der Waals surface area (Å²) in [6.45, 7) is 6.09. The summed E-state index contributed by atoms with van der Waals surface area (Å²) in [4.78, 5) is 27.7. The van der Waals surface area contributed by atoms with E-state index in [2.05, 4.69) is 29.0 Å². The number of hydrogen-bond acceptors (Lipinski definition) is 4. The summed E-state index contributed by atoms with van der Waals surface area (Å²) in [6, 6.07) is -1.00. The lowest BCUT2D eigenvalue weighted by Crippen LogP contribution is -2.42. The van der Waals surface area contributed by atoms with Gasteiger partial charge in [-0.3, -0.25) is 9.79 Å². The number of thiol groups is 1. The number of nitrogens with one attached hydrogen (secondary N) is 1. The van der Waals surface area contributed by atoms with Crippen LogP contribution in [0.3, 0.4) is 0 Å². The number of fused-ring (bicyclic) bond motifs is 1. The van der Waals surface area contributed by atoms with Gasteiger partial charge in [-0.2, -0.15) is 12.6 Å². The molecule has 0 radical (unpaired) electrons. The van der Waals surface area contributed by atoms with Crippen molar-refractivity contribution in [1.29, 1.82) is 0 Å². The standard InChI is InChI=1S/C18H22N2O3S/c1-18(2,3)19-9-11-6-12-4-5-13(8-14(12)7-11)16(21)20-15(10-24)17(22)23/h4-9,12,15,24H,10H2,1-3H3,(H,20,21)(H,22,23)/b19-9-. The molecule has 0 saturated heterocycles. The first-order valence-corrected chi connectivity index (χ1v) is 8.36. The molecule has 0 fully saturated rings. The van der Waals surface area contributed by atoms with Crippen molar-refractivity contribution < 1.29 is 14.7 Å². The van der Waals surface area contributed by atoms with Crippen LogP contribution in [0.15, 0.2) is 52.1 Å². The zero-order valence-electron chi connectivity index (χ0n) is 14.0. The Morgan fingerprint density at radius 3 is 2.71 bits per heavy atom. The van der Waals surface area contributed by atoms with Gasteiger partial charge in [0.25, 0.3) is 5.91 Å². The van der Waals surface area contributed by atoms with E-state index in [9.17, 15) is 9.59 Å². The second-order valence-corrected chi connectivity index (χ2v) is 7.14. The fraction of sp³-hybridized carbons (Fsp3) is 0.389. The zero-order chi connectivity index (χ0) is 17.9. The summed E-state index contributed by atoms with van der Waals surface area (Å²) in [7, 11) is 0. The van der Waals surface area contributed by atoms with Crippen molar-refractivity contribution in [3.63, 3.8) is 0 Å². The molecular weight excluding hydrogens is 324 g/mol. The van der Waals surface area contributed by atoms with Crippen molar-refractivity contribution in [2.75, 3.05) is 5.75 Å². The van der Waals surface area contributed by atoms with Gasteiger partial charge in [-0.05, 0) is 44.1 Å². The fourth-order valence-corrected chi connectivity index (χ4v) is 2.54. The van der Waals surface area contributed by atoms with E-state index in [1.807, 2.05) is 39.1 Å². The molecule has 24 heavy (non-hydrogen) atoms. The summed E-state index contributed by atoms with van der Waals surface area (Å²) in [6.07, 6.45) is 11.3. The highest BCUT2D eigenvalue weighted by Crippen LogP contribution is 2.30. The minimum absolute atomic E-state index is 0.0400. The number of aliphatic carboxylic acids is 1. The highest BCUT2D eigenvalue weighted by Gasteiger charge is 2.23. The normalized spacial score (nSPS) is 21.0. The lowest BCUT2D eigenvalue weighted by molar-refractivity contribution is -0.140. The van der Waals surface area contributed by atoms with E-state index in [4.69, 9.17) is 5.11 Å². The van der Waals surface area contributed by atoms with E-state index in [1.54, 1.807) is 12.2 Å². The Kier molecular flexibility index (Phi) is 5.49. The third-order valence-corrected chi connectivity index (χ3v) is 3.91. The Morgan fingerprint density at radius 2 is 2.12 bits per heavy atom. The van der Waals surface area contributed by atoms with E-state index < -0.39 is 17.9 Å². The molecule has 6 heteroatoms. The molecule has 2 rings (SSSR count). The highest BCUT2D eigenvalue weighted by molar-refractivity contribution is 7.80. The summed E-state index contributed by atoms with van der Waals surface area (Å²) in [5.74, 6) is -1.34. The molecule has 0 aromatic rings. The summed E-state index contributed by atoms with van der Waals surface area (Å²) >= 11 is 3.94. The number of amides is 1. The van der Waals surface area contributed by atoms with Crippen LogP contribution in [0.25, 0.3) is 0 Å². The van der Waals surface area contributed by atoms with Crippen LogP contribution in [0.2, 0.25) is 0 Å². The average molecular weight is 346 g/mol. The van der Waals surface area contributed by atoms with Crippen molar-refractivity contribution in [2.45, 2.75) is 32.4 Å². The number of aliphatic imine (C=N–C) groups is 1. The molecule has 1 amide bonds. The van der Waals surface area contributed by atoms with Crippen LogP contribution >= 0.6 is 12.6 Å². The van der Waals surface area contributed by atoms with E-state index >= 15 is 0 Å². The maximum Gasteiger partial charge on any atom is 0.327 e. The summed E-state index contributed by atoms with van der Waals surface area (Å²) in [5.41, 5.74) is 2.30. The van der Waals surface area contributed by atoms with Gasteiger partial charge in [0.1, 0.15) is 6.04 Å². The van der Waals surface area contributed by atoms with Crippen LogP contribution in [0.1, 0.15) is 20.8 Å². The quantitative estimate of drug-likeness (QED) is 0.528. The first-order valence-electron chi connectivity index (χ1n) is 7.72. The molecule has 2 atom stereocenters. The van der Waals surface area contributed by atoms with Gasteiger partial charge >= 0.3 is 5.97 Å². The fourth-order valence-electron chi connectivity index (χ4n) is 2.30. The third-order valence-electron chi connectivity index (χ3n) is 3.54. The Morgan fingerprint density at radius 1 is 1.42 bits per heavy atom. The Labute approximate surface area is 147 Å². The Balaban J connectivity index is 2.11. The minimum atomic E-state index is -1.10. The van der Waals surface area contributed by atoms with E-state index in [0.29, 0.717) is 5.57 Å². The van der Waals surface area contributed by atoms with Gasteiger partial charge in [0, 0.05) is 23.5 Å². The van der Waals surface area contributed by atoms with Gasteiger partial charge in [0.15, 0.2) is 0 Å². The van der Waals surface area contributed by atoms with E-state index in [1.165, 1.54) is 0 Å². The van der Waals surface area contributed by atoms with Crippen LogP contribution in [0, 0.1) is 5.92 Å². The Bertz CT molecular complexity index is 694. The number of rotatable bonds is 5. The van der Waals surface area contributed by atoms with Crippen molar-refractivity contribution in [3.8, 4) is 0 Å². The SMILES string of the molecule is CC(C)(C)/N=C\C1=CC2C=CC(C(=O)NC(CS)C(=O)O)=CC2=C1. The first kappa shape index (κ1) is 18.3. The zero-order valence-corrected chi connectivity index (χ0v) is 14.9. The number of carbonyl (C=O) groups excluding carboxylic acids is 1. The number of nitrogens with zero attached hydrogens (tertiary/aromatic N) is 1. The maximum atomic E-state index is 12.2. The van der Waals surface area contributed by atoms with Gasteiger partial charge in [-0.15, -0.1) is 0 Å². The summed E-state index contributed by atoms with van der Waals surface area (Å²) < 4.78 is 0. The molecule has 0 bridgehead atoms. The number of hydrogen-bond donors (Lipinski definition) is 3. The number of carbonyl (C=O) groups is 2. The van der Waals surface area contributed by atoms with Crippen molar-refractivity contribution in [2.24, 2.45) is 10.9 Å². The monoisotopic (exact) mass is 346 g/mol. The second-order valence-electron chi connectivity index (χ2n) is 6.77. The van der Waals surface area contributed by atoms with Gasteiger partial charge < -0.3 is 10.4 Å². The van der Waals surface area contributed by atoms with Crippen molar-refractivity contribution in [3.05, 3.63) is 47.1 Å². The molecule has 2 unspecified atom stereocenters. The average Bonchev–Trinajstić information content (AvgIpc) is 2.91. The van der Waals surface area contributed by atoms with E-state index in [-0.39, 0.29) is 17.2 Å². The van der Waals surface area contributed by atoms with E-state index in [0.717, 1.165) is 11.1 Å². The van der Waals surface area contributed by atoms with Crippen LogP contribution in [0.5, 0.6) is 0 Å². The largest absolute Gasteiger partial charge is 0.480 e. The van der Waals surface area contributed by atoms with Crippen molar-refractivity contribution in [1.82, 2.24) is 5.32 Å². The van der Waals surface area contributed by atoms with Crippen molar-refractivity contribution >= 4 is 30.7 Å². The molecule has 0 aliphatic heterocycles. The molecule has 128 valence electrons. The van der Waals surface area contributed by atoms with Gasteiger partial charge in [-0.25, -0.2) is 4.79 Å². The molecule has 0 aromatic carbocycles. The molecule has 0 heterocycles. The summed E-state index contributed by atoms with van der Waals surface area (Å²) in [5, 5.41) is 11.5. The van der Waals surface area contributed by atoms with Crippen LogP contribution in [-0.2, 0) is 9.59 Å². The highest BCUT2D eigenvalue weighted by atomic mass is 32.1. The number of carboxylic acids is 1. The number of carboxylic acid groups (broad SMARTS) is 1. The predicted molar refractivity (Wildman–Crippen MR) is 98.5 cm³/mol. The lowest BCUT2D eigenvalue weighted by Gasteiger charge is -2.16. The Hall–Kier alpha value is -2.08. The predicted octanol–water partition coefficient (Wildman–Crippen LogP) is 2.33. The first-order chi connectivity index (χ1) is 11.2. The van der Waals surface area contributed by atoms with Gasteiger partial charge in [-0.1, -0.05) is 18.2 Å². The maximum absolute atomic E-state index is 12.2. The topological polar surface area (TPSA) is 78.8 Å². The molecular formula is C18H22N2O3S. The molecule has 5 nitrogen and oxygen atoms in total. The molecule has 2 N–H and O–H groups in total. The molecule has 0 saturated carbocycles. The second kappa shape index (κ2) is 7.21. The van der Waals surface area contributed by atoms with Gasteiger partial charge in [0.2, 0.25) is 0 Å².